The number of unbranched alkanes of at least 4 members (excludes halogenated alkanes) is 2. The van der Waals surface area contributed by atoms with Gasteiger partial charge in [-0.3, -0.25) is 0 Å². The van der Waals surface area contributed by atoms with Gasteiger partial charge in [0.15, 0.2) is 11.6 Å². The van der Waals surface area contributed by atoms with Crippen LogP contribution in [0.2, 0.25) is 0 Å². The third-order valence-corrected chi connectivity index (χ3v) is 9.49. The first kappa shape index (κ1) is 26.9. The molecule has 0 radical (unpaired) electrons. The first-order valence-corrected chi connectivity index (χ1v) is 14.8. The van der Waals surface area contributed by atoms with E-state index in [9.17, 15) is 8.78 Å². The van der Waals surface area contributed by atoms with Crippen LogP contribution < -0.4 is 0 Å². The fourth-order valence-corrected chi connectivity index (χ4v) is 7.31. The van der Waals surface area contributed by atoms with Crippen molar-refractivity contribution in [2.75, 3.05) is 13.2 Å². The SMILES string of the molecule is CCCCCC1CCC(C2CCC(C3CCC(C4=CC=C(OCC)C(F)=C(F)C4)CC3)CC2)OC1. The van der Waals surface area contributed by atoms with Gasteiger partial charge in [-0.25, -0.2) is 4.39 Å². The fourth-order valence-electron chi connectivity index (χ4n) is 7.31. The van der Waals surface area contributed by atoms with E-state index < -0.39 is 11.7 Å². The topological polar surface area (TPSA) is 18.5 Å². The molecule has 1 saturated heterocycles. The molecule has 2 saturated carbocycles. The van der Waals surface area contributed by atoms with Gasteiger partial charge in [-0.15, -0.1) is 0 Å². The summed E-state index contributed by atoms with van der Waals surface area (Å²) >= 11 is 0. The summed E-state index contributed by atoms with van der Waals surface area (Å²) in [4.78, 5) is 0. The minimum Gasteiger partial charge on any atom is -0.491 e. The average Bonchev–Trinajstić information content (AvgIpc) is 3.04. The van der Waals surface area contributed by atoms with Crippen LogP contribution in [-0.4, -0.2) is 19.3 Å². The van der Waals surface area contributed by atoms with Crippen LogP contribution in [0.1, 0.15) is 110 Å². The molecule has 0 bridgehead atoms. The minimum atomic E-state index is -0.822. The summed E-state index contributed by atoms with van der Waals surface area (Å²) in [6.45, 7) is 5.41. The van der Waals surface area contributed by atoms with Crippen molar-refractivity contribution in [3.05, 3.63) is 35.1 Å². The number of ether oxygens (including phenoxy) is 2. The van der Waals surface area contributed by atoms with Gasteiger partial charge in [0.05, 0.1) is 12.7 Å². The molecule has 3 aliphatic carbocycles. The summed E-state index contributed by atoms with van der Waals surface area (Å²) in [5.41, 5.74) is 1.04. The van der Waals surface area contributed by atoms with Crippen molar-refractivity contribution >= 4 is 0 Å². The van der Waals surface area contributed by atoms with Gasteiger partial charge in [0.25, 0.3) is 0 Å². The number of rotatable bonds is 9. The zero-order valence-corrected chi connectivity index (χ0v) is 22.2. The lowest BCUT2D eigenvalue weighted by molar-refractivity contribution is -0.0620. The molecule has 0 amide bonds. The molecule has 2 atom stereocenters. The lowest BCUT2D eigenvalue weighted by Gasteiger charge is -2.41. The summed E-state index contributed by atoms with van der Waals surface area (Å²) in [5.74, 6) is 2.14. The van der Waals surface area contributed by atoms with Crippen molar-refractivity contribution in [1.29, 1.82) is 0 Å². The standard InChI is InChI=1S/C31H48F2O2/c1-3-5-6-7-22-8-18-29(35-21-22)26-15-13-24(14-16-26)23-9-11-25(12-10-23)27-17-19-30(34-4-2)31(33)28(32)20-27/h17,19,22-26,29H,3-16,18,20-21H2,1-2H3. The number of halogens is 2. The fraction of sp³-hybridized carbons (Fsp3) is 0.806. The molecular weight excluding hydrogens is 442 g/mol. The molecule has 2 unspecified atom stereocenters. The zero-order valence-electron chi connectivity index (χ0n) is 22.2. The van der Waals surface area contributed by atoms with Gasteiger partial charge >= 0.3 is 0 Å². The number of hydrogen-bond donors (Lipinski definition) is 0. The van der Waals surface area contributed by atoms with Crippen LogP contribution in [0.25, 0.3) is 0 Å². The molecule has 3 fully saturated rings. The molecule has 0 N–H and O–H groups in total. The highest BCUT2D eigenvalue weighted by Crippen LogP contribution is 2.46. The Kier molecular flexibility index (Phi) is 10.3. The quantitative estimate of drug-likeness (QED) is 0.300. The molecule has 0 aromatic rings. The van der Waals surface area contributed by atoms with Crippen LogP contribution in [0.3, 0.4) is 0 Å². The molecule has 0 aromatic carbocycles. The van der Waals surface area contributed by atoms with Crippen LogP contribution in [0.4, 0.5) is 8.78 Å². The Morgan fingerprint density at radius 2 is 1.51 bits per heavy atom. The van der Waals surface area contributed by atoms with Crippen LogP contribution >= 0.6 is 0 Å². The molecular formula is C31H48F2O2. The van der Waals surface area contributed by atoms with Gasteiger partial charge in [0.2, 0.25) is 0 Å². The van der Waals surface area contributed by atoms with E-state index in [0.29, 0.717) is 18.6 Å². The van der Waals surface area contributed by atoms with E-state index in [0.717, 1.165) is 48.7 Å². The van der Waals surface area contributed by atoms with Crippen molar-refractivity contribution in [2.24, 2.45) is 29.6 Å². The van der Waals surface area contributed by atoms with E-state index in [1.165, 1.54) is 77.0 Å². The highest BCUT2D eigenvalue weighted by atomic mass is 19.2. The van der Waals surface area contributed by atoms with Gasteiger partial charge < -0.3 is 9.47 Å². The van der Waals surface area contributed by atoms with E-state index in [4.69, 9.17) is 9.47 Å². The molecule has 0 spiro atoms. The van der Waals surface area contributed by atoms with Crippen molar-refractivity contribution in [3.8, 4) is 0 Å². The molecule has 1 heterocycles. The van der Waals surface area contributed by atoms with E-state index in [1.54, 1.807) is 13.0 Å². The second-order valence-electron chi connectivity index (χ2n) is 11.7. The maximum Gasteiger partial charge on any atom is 0.196 e. The van der Waals surface area contributed by atoms with Crippen molar-refractivity contribution in [2.45, 2.75) is 116 Å². The predicted molar refractivity (Wildman–Crippen MR) is 139 cm³/mol. The van der Waals surface area contributed by atoms with E-state index in [1.807, 2.05) is 6.08 Å². The highest BCUT2D eigenvalue weighted by Gasteiger charge is 2.36. The Hall–Kier alpha value is -1.16. The van der Waals surface area contributed by atoms with Crippen LogP contribution in [0, 0.1) is 29.6 Å². The molecule has 1 aliphatic heterocycles. The van der Waals surface area contributed by atoms with Crippen LogP contribution in [-0.2, 0) is 9.47 Å². The van der Waals surface area contributed by atoms with E-state index in [2.05, 4.69) is 6.92 Å². The Balaban J connectivity index is 1.19. The normalized spacial score (nSPS) is 34.7. The van der Waals surface area contributed by atoms with Gasteiger partial charge in [0, 0.05) is 13.0 Å². The molecule has 0 aromatic heterocycles. The first-order valence-electron chi connectivity index (χ1n) is 14.8. The maximum atomic E-state index is 14.4. The number of hydrogen-bond acceptors (Lipinski definition) is 2. The lowest BCUT2D eigenvalue weighted by atomic mass is 9.67. The summed E-state index contributed by atoms with van der Waals surface area (Å²) in [7, 11) is 0. The Bertz CT molecular complexity index is 746. The molecule has 198 valence electrons. The maximum absolute atomic E-state index is 14.4. The van der Waals surface area contributed by atoms with Crippen molar-refractivity contribution in [3.63, 3.8) is 0 Å². The third-order valence-electron chi connectivity index (χ3n) is 9.49. The van der Waals surface area contributed by atoms with E-state index >= 15 is 0 Å². The highest BCUT2D eigenvalue weighted by molar-refractivity contribution is 5.35. The molecule has 2 nitrogen and oxygen atoms in total. The summed E-state index contributed by atoms with van der Waals surface area (Å²) in [5, 5.41) is 0. The van der Waals surface area contributed by atoms with Gasteiger partial charge in [-0.05, 0) is 113 Å². The Morgan fingerprint density at radius 3 is 2.14 bits per heavy atom. The monoisotopic (exact) mass is 490 g/mol. The summed E-state index contributed by atoms with van der Waals surface area (Å²) in [6.07, 6.45) is 22.2. The van der Waals surface area contributed by atoms with E-state index in [-0.39, 0.29) is 12.2 Å². The van der Waals surface area contributed by atoms with Gasteiger partial charge in [-0.1, -0.05) is 37.8 Å². The predicted octanol–water partition coefficient (Wildman–Crippen LogP) is 9.38. The van der Waals surface area contributed by atoms with Crippen LogP contribution in [0.5, 0.6) is 0 Å². The molecule has 35 heavy (non-hydrogen) atoms. The van der Waals surface area contributed by atoms with Crippen molar-refractivity contribution in [1.82, 2.24) is 0 Å². The summed E-state index contributed by atoms with van der Waals surface area (Å²) < 4.78 is 40.3. The minimum absolute atomic E-state index is 0.0411. The molecule has 4 aliphatic rings. The second kappa shape index (κ2) is 13.4. The first-order chi connectivity index (χ1) is 17.1. The molecule has 4 rings (SSSR count). The third kappa shape index (κ3) is 7.21. The van der Waals surface area contributed by atoms with Gasteiger partial charge in [0.1, 0.15) is 5.83 Å². The Labute approximate surface area is 212 Å². The largest absolute Gasteiger partial charge is 0.491 e. The average molecular weight is 491 g/mol. The Morgan fingerprint density at radius 1 is 0.829 bits per heavy atom. The number of allylic oxidation sites excluding steroid dienone is 5. The summed E-state index contributed by atoms with van der Waals surface area (Å²) in [6, 6.07) is 0. The molecule has 4 heteroatoms. The zero-order chi connectivity index (χ0) is 24.6. The van der Waals surface area contributed by atoms with Gasteiger partial charge in [-0.2, -0.15) is 4.39 Å². The lowest BCUT2D eigenvalue weighted by Crippen LogP contribution is -2.35. The van der Waals surface area contributed by atoms with Crippen LogP contribution in [0.15, 0.2) is 35.1 Å². The smallest absolute Gasteiger partial charge is 0.196 e. The second-order valence-corrected chi connectivity index (χ2v) is 11.7. The van der Waals surface area contributed by atoms with Crippen molar-refractivity contribution < 1.29 is 18.3 Å².